The Morgan fingerprint density at radius 1 is 1.73 bits per heavy atom. The minimum absolute atomic E-state index is 0.366. The molecule has 11 heavy (non-hydrogen) atoms. The number of halogens is 1. The number of rotatable bonds is 2. The highest BCUT2D eigenvalue weighted by molar-refractivity contribution is 5.78. The zero-order valence-electron chi connectivity index (χ0n) is 6.16. The highest BCUT2D eigenvalue weighted by atomic mass is 19.1. The van der Waals surface area contributed by atoms with Crippen LogP contribution in [0.15, 0.2) is 23.8 Å². The summed E-state index contributed by atoms with van der Waals surface area (Å²) in [6.07, 6.45) is 3.21. The van der Waals surface area contributed by atoms with Crippen LogP contribution in [-0.2, 0) is 9.53 Å². The maximum atomic E-state index is 12.9. The van der Waals surface area contributed by atoms with Gasteiger partial charge in [0.2, 0.25) is 0 Å². The maximum absolute atomic E-state index is 12.9. The molecule has 2 nitrogen and oxygen atoms in total. The second kappa shape index (κ2) is 3.44. The second-order valence-electron chi connectivity index (χ2n) is 2.29. The number of aldehydes is 1. The van der Waals surface area contributed by atoms with Crippen molar-refractivity contribution >= 4 is 6.29 Å². The first kappa shape index (κ1) is 8.14. The predicted octanol–water partition coefficient (Wildman–Crippen LogP) is 1.03. The monoisotopic (exact) mass is 156 g/mol. The Kier molecular flexibility index (Phi) is 2.54. The van der Waals surface area contributed by atoms with Crippen molar-refractivity contribution in [2.24, 2.45) is 0 Å². The fourth-order valence-electron chi connectivity index (χ4n) is 0.933. The number of alkyl halides is 1. The normalized spacial score (nSPS) is 29.8. The molecule has 0 saturated heterocycles. The van der Waals surface area contributed by atoms with Gasteiger partial charge in [0.25, 0.3) is 0 Å². The highest BCUT2D eigenvalue weighted by Gasteiger charge is 2.18. The van der Waals surface area contributed by atoms with Crippen molar-refractivity contribution in [2.75, 3.05) is 7.11 Å². The number of carbonyl (C=O) groups excluding carboxylic acids is 1. The molecule has 60 valence electrons. The van der Waals surface area contributed by atoms with Crippen LogP contribution in [0.3, 0.4) is 0 Å². The van der Waals surface area contributed by atoms with Gasteiger partial charge in [0.15, 0.2) is 0 Å². The van der Waals surface area contributed by atoms with Crippen LogP contribution in [-0.4, -0.2) is 25.7 Å². The zero-order chi connectivity index (χ0) is 8.27. The minimum Gasteiger partial charge on any atom is -0.374 e. The standard InChI is InChI=1S/C8H9FO2/c1-11-8-3-2-6(5-10)4-7(8)9/h2-5,7-8H,1H3. The Hall–Kier alpha value is -0.960. The van der Waals surface area contributed by atoms with E-state index >= 15 is 0 Å². The molecule has 0 radical (unpaired) electrons. The molecule has 2 unspecified atom stereocenters. The van der Waals surface area contributed by atoms with Gasteiger partial charge in [-0.3, -0.25) is 4.79 Å². The van der Waals surface area contributed by atoms with Gasteiger partial charge in [-0.2, -0.15) is 0 Å². The first-order chi connectivity index (χ1) is 5.27. The summed E-state index contributed by atoms with van der Waals surface area (Å²) in [4.78, 5) is 10.2. The van der Waals surface area contributed by atoms with Crippen LogP contribution < -0.4 is 0 Å². The van der Waals surface area contributed by atoms with Gasteiger partial charge in [0.05, 0.1) is 0 Å². The van der Waals surface area contributed by atoms with Crippen LogP contribution in [0.5, 0.6) is 0 Å². The third-order valence-corrected chi connectivity index (χ3v) is 1.55. The molecule has 1 aliphatic rings. The summed E-state index contributed by atoms with van der Waals surface area (Å²) in [5.74, 6) is 0. The number of hydrogen-bond donors (Lipinski definition) is 0. The van der Waals surface area contributed by atoms with E-state index < -0.39 is 12.3 Å². The quantitative estimate of drug-likeness (QED) is 0.558. The van der Waals surface area contributed by atoms with Gasteiger partial charge in [-0.25, -0.2) is 4.39 Å². The molecule has 1 aliphatic carbocycles. The van der Waals surface area contributed by atoms with E-state index in [0.29, 0.717) is 11.9 Å². The van der Waals surface area contributed by atoms with Gasteiger partial charge < -0.3 is 4.74 Å². The molecule has 0 spiro atoms. The second-order valence-corrected chi connectivity index (χ2v) is 2.29. The van der Waals surface area contributed by atoms with E-state index in [0.717, 1.165) is 0 Å². The SMILES string of the molecule is COC1C=CC(C=O)=CC1F. The van der Waals surface area contributed by atoms with E-state index in [1.165, 1.54) is 19.3 Å². The van der Waals surface area contributed by atoms with Gasteiger partial charge in [-0.15, -0.1) is 0 Å². The van der Waals surface area contributed by atoms with Gasteiger partial charge >= 0.3 is 0 Å². The molecule has 0 saturated carbocycles. The summed E-state index contributed by atoms with van der Waals surface area (Å²) < 4.78 is 17.6. The minimum atomic E-state index is -1.20. The largest absolute Gasteiger partial charge is 0.374 e. The summed E-state index contributed by atoms with van der Waals surface area (Å²) in [6.45, 7) is 0. The number of allylic oxidation sites excluding steroid dienone is 2. The number of carbonyl (C=O) groups is 1. The lowest BCUT2D eigenvalue weighted by Crippen LogP contribution is -2.22. The molecule has 1 rings (SSSR count). The fraction of sp³-hybridized carbons (Fsp3) is 0.375. The van der Waals surface area contributed by atoms with E-state index in [4.69, 9.17) is 4.74 Å². The summed E-state index contributed by atoms with van der Waals surface area (Å²) in [6, 6.07) is 0. The Balaban J connectivity index is 2.70. The Labute approximate surface area is 64.3 Å². The Bertz CT molecular complexity index is 208. The summed E-state index contributed by atoms with van der Waals surface area (Å²) in [7, 11) is 1.43. The van der Waals surface area contributed by atoms with Gasteiger partial charge in [-0.05, 0) is 6.08 Å². The number of methoxy groups -OCH3 is 1. The molecule has 0 heterocycles. The van der Waals surface area contributed by atoms with E-state index in [9.17, 15) is 9.18 Å². The molecule has 2 atom stereocenters. The smallest absolute Gasteiger partial charge is 0.149 e. The van der Waals surface area contributed by atoms with E-state index in [1.807, 2.05) is 0 Å². The van der Waals surface area contributed by atoms with Crippen LogP contribution >= 0.6 is 0 Å². The lowest BCUT2D eigenvalue weighted by atomic mass is 10.0. The third-order valence-electron chi connectivity index (χ3n) is 1.55. The van der Waals surface area contributed by atoms with Crippen LogP contribution in [0.25, 0.3) is 0 Å². The fourth-order valence-corrected chi connectivity index (χ4v) is 0.933. The summed E-state index contributed by atoms with van der Waals surface area (Å²) in [5, 5.41) is 0. The molecule has 0 aromatic rings. The van der Waals surface area contributed by atoms with Crippen molar-refractivity contribution in [3.8, 4) is 0 Å². The Morgan fingerprint density at radius 3 is 2.91 bits per heavy atom. The number of hydrogen-bond acceptors (Lipinski definition) is 2. The van der Waals surface area contributed by atoms with Crippen LogP contribution in [0.4, 0.5) is 4.39 Å². The molecule has 0 bridgehead atoms. The lowest BCUT2D eigenvalue weighted by molar-refractivity contribution is -0.104. The van der Waals surface area contributed by atoms with Crippen molar-refractivity contribution < 1.29 is 13.9 Å². The molecule has 0 aromatic carbocycles. The van der Waals surface area contributed by atoms with Crippen LogP contribution in [0.2, 0.25) is 0 Å². The molecule has 3 heteroatoms. The van der Waals surface area contributed by atoms with E-state index in [-0.39, 0.29) is 0 Å². The average Bonchev–Trinajstić information content (AvgIpc) is 2.04. The lowest BCUT2D eigenvalue weighted by Gasteiger charge is -2.16. The average molecular weight is 156 g/mol. The predicted molar refractivity (Wildman–Crippen MR) is 39.0 cm³/mol. The molecule has 0 fully saturated rings. The van der Waals surface area contributed by atoms with E-state index in [1.54, 1.807) is 6.08 Å². The van der Waals surface area contributed by atoms with Crippen LogP contribution in [0.1, 0.15) is 0 Å². The molecular formula is C8H9FO2. The molecule has 0 aliphatic heterocycles. The summed E-state index contributed by atoms with van der Waals surface area (Å²) >= 11 is 0. The van der Waals surface area contributed by atoms with Gasteiger partial charge in [-0.1, -0.05) is 12.2 Å². The molecule has 0 amide bonds. The topological polar surface area (TPSA) is 26.3 Å². The number of ether oxygens (including phenoxy) is 1. The molecule has 0 aromatic heterocycles. The van der Waals surface area contributed by atoms with Crippen molar-refractivity contribution in [2.45, 2.75) is 12.3 Å². The van der Waals surface area contributed by atoms with Crippen LogP contribution in [0, 0.1) is 0 Å². The van der Waals surface area contributed by atoms with Crippen molar-refractivity contribution in [1.82, 2.24) is 0 Å². The third kappa shape index (κ3) is 1.74. The first-order valence-corrected chi connectivity index (χ1v) is 3.30. The first-order valence-electron chi connectivity index (χ1n) is 3.30. The highest BCUT2D eigenvalue weighted by Crippen LogP contribution is 2.14. The van der Waals surface area contributed by atoms with Crippen molar-refractivity contribution in [3.63, 3.8) is 0 Å². The Morgan fingerprint density at radius 2 is 2.45 bits per heavy atom. The molecular weight excluding hydrogens is 147 g/mol. The molecule has 0 N–H and O–H groups in total. The van der Waals surface area contributed by atoms with E-state index in [2.05, 4.69) is 0 Å². The van der Waals surface area contributed by atoms with Crippen molar-refractivity contribution in [3.05, 3.63) is 23.8 Å². The zero-order valence-corrected chi connectivity index (χ0v) is 6.16. The summed E-state index contributed by atoms with van der Waals surface area (Å²) in [5.41, 5.74) is 0.366. The van der Waals surface area contributed by atoms with Crippen molar-refractivity contribution in [1.29, 1.82) is 0 Å². The van der Waals surface area contributed by atoms with Gasteiger partial charge in [0.1, 0.15) is 18.6 Å². The maximum Gasteiger partial charge on any atom is 0.149 e. The van der Waals surface area contributed by atoms with Gasteiger partial charge in [0, 0.05) is 12.7 Å².